The number of hydrogen-bond acceptors (Lipinski definition) is 2. The number of aryl methyl sites for hydroxylation is 2. The van der Waals surface area contributed by atoms with Crippen LogP contribution in [0.1, 0.15) is 37.1 Å². The average molecular weight is 274 g/mol. The standard InChI is InChI=1S/C17H22OS/c1-4-8-13-12-17(19-16(13)9-5-2)14-10-6-7-11-15(14)18-3/h6-7,10-12H,4-5,8-9H2,1-3H3. The van der Waals surface area contributed by atoms with E-state index in [0.717, 1.165) is 5.75 Å². The van der Waals surface area contributed by atoms with Crippen LogP contribution in [0.3, 0.4) is 0 Å². The summed E-state index contributed by atoms with van der Waals surface area (Å²) in [5.41, 5.74) is 2.74. The molecule has 102 valence electrons. The molecule has 1 aromatic carbocycles. The number of hydrogen-bond donors (Lipinski definition) is 0. The first-order chi connectivity index (χ1) is 9.30. The quantitative estimate of drug-likeness (QED) is 0.692. The molecule has 0 saturated heterocycles. The lowest BCUT2D eigenvalue weighted by molar-refractivity contribution is 0.416. The first-order valence-electron chi connectivity index (χ1n) is 7.05. The molecule has 1 nitrogen and oxygen atoms in total. The second-order valence-electron chi connectivity index (χ2n) is 4.76. The molecule has 0 bridgehead atoms. The van der Waals surface area contributed by atoms with E-state index in [1.54, 1.807) is 12.0 Å². The molecule has 0 atom stereocenters. The van der Waals surface area contributed by atoms with Gasteiger partial charge in [0, 0.05) is 15.3 Å². The van der Waals surface area contributed by atoms with Crippen LogP contribution in [0.5, 0.6) is 5.75 Å². The van der Waals surface area contributed by atoms with Gasteiger partial charge in [0.15, 0.2) is 0 Å². The molecule has 0 radical (unpaired) electrons. The molecule has 0 spiro atoms. The Balaban J connectivity index is 2.41. The molecule has 1 aromatic heterocycles. The first-order valence-corrected chi connectivity index (χ1v) is 7.86. The van der Waals surface area contributed by atoms with E-state index in [1.807, 2.05) is 23.5 Å². The Morgan fingerprint density at radius 3 is 2.47 bits per heavy atom. The smallest absolute Gasteiger partial charge is 0.127 e. The molecule has 0 aliphatic heterocycles. The maximum atomic E-state index is 5.48. The summed E-state index contributed by atoms with van der Waals surface area (Å²) in [6.45, 7) is 4.49. The van der Waals surface area contributed by atoms with E-state index >= 15 is 0 Å². The second kappa shape index (κ2) is 6.76. The van der Waals surface area contributed by atoms with Gasteiger partial charge in [0.1, 0.15) is 5.75 Å². The van der Waals surface area contributed by atoms with Crippen LogP contribution in [-0.2, 0) is 12.8 Å². The molecule has 2 heteroatoms. The van der Waals surface area contributed by atoms with Crippen LogP contribution < -0.4 is 4.74 Å². The summed E-state index contributed by atoms with van der Waals surface area (Å²) in [5.74, 6) is 0.967. The van der Waals surface area contributed by atoms with Crippen LogP contribution in [0.15, 0.2) is 30.3 Å². The maximum Gasteiger partial charge on any atom is 0.127 e. The lowest BCUT2D eigenvalue weighted by atomic mass is 10.1. The predicted molar refractivity (Wildman–Crippen MR) is 84.3 cm³/mol. The highest BCUT2D eigenvalue weighted by Crippen LogP contribution is 2.37. The van der Waals surface area contributed by atoms with Gasteiger partial charge in [-0.05, 0) is 36.6 Å². The highest BCUT2D eigenvalue weighted by Gasteiger charge is 2.12. The van der Waals surface area contributed by atoms with Crippen LogP contribution >= 0.6 is 11.3 Å². The van der Waals surface area contributed by atoms with E-state index in [1.165, 1.54) is 41.7 Å². The molecule has 0 unspecified atom stereocenters. The molecule has 0 amide bonds. The van der Waals surface area contributed by atoms with Gasteiger partial charge in [0.05, 0.1) is 7.11 Å². The summed E-state index contributed by atoms with van der Waals surface area (Å²) >= 11 is 1.93. The van der Waals surface area contributed by atoms with E-state index < -0.39 is 0 Å². The molecule has 0 aliphatic carbocycles. The largest absolute Gasteiger partial charge is 0.496 e. The van der Waals surface area contributed by atoms with E-state index in [-0.39, 0.29) is 0 Å². The third-order valence-corrected chi connectivity index (χ3v) is 4.54. The Morgan fingerprint density at radius 1 is 1.05 bits per heavy atom. The molecule has 0 saturated carbocycles. The van der Waals surface area contributed by atoms with Crippen molar-refractivity contribution in [3.63, 3.8) is 0 Å². The minimum atomic E-state index is 0.967. The van der Waals surface area contributed by atoms with E-state index in [2.05, 4.69) is 32.0 Å². The van der Waals surface area contributed by atoms with Crippen molar-refractivity contribution in [2.45, 2.75) is 39.5 Å². The number of methoxy groups -OCH3 is 1. The van der Waals surface area contributed by atoms with Gasteiger partial charge in [0.25, 0.3) is 0 Å². The van der Waals surface area contributed by atoms with Crippen LogP contribution in [0, 0.1) is 0 Å². The highest BCUT2D eigenvalue weighted by molar-refractivity contribution is 7.15. The first kappa shape index (κ1) is 14.1. The van der Waals surface area contributed by atoms with Crippen molar-refractivity contribution >= 4 is 11.3 Å². The van der Waals surface area contributed by atoms with Crippen molar-refractivity contribution < 1.29 is 4.74 Å². The molecule has 2 rings (SSSR count). The number of ether oxygens (including phenoxy) is 1. The van der Waals surface area contributed by atoms with Crippen molar-refractivity contribution in [3.05, 3.63) is 40.8 Å². The lowest BCUT2D eigenvalue weighted by Gasteiger charge is -2.05. The molecule has 1 heterocycles. The van der Waals surface area contributed by atoms with Gasteiger partial charge in [0.2, 0.25) is 0 Å². The van der Waals surface area contributed by atoms with Crippen molar-refractivity contribution in [2.24, 2.45) is 0 Å². The van der Waals surface area contributed by atoms with Gasteiger partial charge < -0.3 is 4.74 Å². The Bertz CT molecular complexity index is 504. The third kappa shape index (κ3) is 3.19. The molecular weight excluding hydrogens is 252 g/mol. The van der Waals surface area contributed by atoms with Crippen LogP contribution in [0.2, 0.25) is 0 Å². The Labute approximate surface area is 120 Å². The lowest BCUT2D eigenvalue weighted by Crippen LogP contribution is -1.86. The third-order valence-electron chi connectivity index (χ3n) is 3.27. The average Bonchev–Trinajstić information content (AvgIpc) is 2.83. The van der Waals surface area contributed by atoms with Gasteiger partial charge >= 0.3 is 0 Å². The number of benzene rings is 1. The van der Waals surface area contributed by atoms with Crippen LogP contribution in [-0.4, -0.2) is 7.11 Å². The van der Waals surface area contributed by atoms with Crippen molar-refractivity contribution in [1.29, 1.82) is 0 Å². The second-order valence-corrected chi connectivity index (χ2v) is 5.90. The Morgan fingerprint density at radius 2 is 1.79 bits per heavy atom. The van der Waals surface area contributed by atoms with Gasteiger partial charge in [-0.15, -0.1) is 11.3 Å². The normalized spacial score (nSPS) is 10.7. The Kier molecular flexibility index (Phi) is 5.03. The summed E-state index contributed by atoms with van der Waals surface area (Å²) in [7, 11) is 1.74. The Hall–Kier alpha value is -1.28. The summed E-state index contributed by atoms with van der Waals surface area (Å²) in [5, 5.41) is 0. The zero-order valence-electron chi connectivity index (χ0n) is 12.0. The van der Waals surface area contributed by atoms with Gasteiger partial charge in [-0.25, -0.2) is 0 Å². The van der Waals surface area contributed by atoms with Crippen LogP contribution in [0.25, 0.3) is 10.4 Å². The minimum absolute atomic E-state index is 0.967. The summed E-state index contributed by atoms with van der Waals surface area (Å²) < 4.78 is 5.48. The fourth-order valence-corrected chi connectivity index (χ4v) is 3.71. The van der Waals surface area contributed by atoms with E-state index in [9.17, 15) is 0 Å². The number of rotatable bonds is 6. The summed E-state index contributed by atoms with van der Waals surface area (Å²) in [4.78, 5) is 2.88. The van der Waals surface area contributed by atoms with Gasteiger partial charge in [-0.2, -0.15) is 0 Å². The molecule has 0 N–H and O–H groups in total. The fourth-order valence-electron chi connectivity index (χ4n) is 2.37. The minimum Gasteiger partial charge on any atom is -0.496 e. The topological polar surface area (TPSA) is 9.23 Å². The summed E-state index contributed by atoms with van der Waals surface area (Å²) in [6, 6.07) is 10.6. The van der Waals surface area contributed by atoms with Crippen molar-refractivity contribution in [1.82, 2.24) is 0 Å². The molecule has 2 aromatic rings. The number of para-hydroxylation sites is 1. The van der Waals surface area contributed by atoms with Crippen LogP contribution in [0.4, 0.5) is 0 Å². The van der Waals surface area contributed by atoms with Gasteiger partial charge in [-0.1, -0.05) is 38.8 Å². The fraction of sp³-hybridized carbons (Fsp3) is 0.412. The SMILES string of the molecule is CCCc1cc(-c2ccccc2OC)sc1CCC. The summed E-state index contributed by atoms with van der Waals surface area (Å²) in [6.07, 6.45) is 4.79. The monoisotopic (exact) mass is 274 g/mol. The number of thiophene rings is 1. The molecular formula is C17H22OS. The van der Waals surface area contributed by atoms with E-state index in [0.29, 0.717) is 0 Å². The predicted octanol–water partition coefficient (Wildman–Crippen LogP) is 5.33. The zero-order valence-corrected chi connectivity index (χ0v) is 12.8. The zero-order chi connectivity index (χ0) is 13.7. The van der Waals surface area contributed by atoms with Crippen molar-refractivity contribution in [3.8, 4) is 16.2 Å². The molecule has 0 fully saturated rings. The van der Waals surface area contributed by atoms with Crippen molar-refractivity contribution in [2.75, 3.05) is 7.11 Å². The highest BCUT2D eigenvalue weighted by atomic mass is 32.1. The van der Waals surface area contributed by atoms with E-state index in [4.69, 9.17) is 4.74 Å². The molecule has 19 heavy (non-hydrogen) atoms. The molecule has 0 aliphatic rings. The maximum absolute atomic E-state index is 5.48. The van der Waals surface area contributed by atoms with Gasteiger partial charge in [-0.3, -0.25) is 0 Å².